The van der Waals surface area contributed by atoms with Gasteiger partial charge in [0.15, 0.2) is 0 Å². The van der Waals surface area contributed by atoms with Crippen LogP contribution >= 0.6 is 36.6 Å². The maximum atomic E-state index is 15.4. The van der Waals surface area contributed by atoms with Crippen molar-refractivity contribution in [3.63, 3.8) is 0 Å². The third-order valence-electron chi connectivity index (χ3n) is 5.92. The van der Waals surface area contributed by atoms with Crippen molar-refractivity contribution >= 4 is 53.9 Å². The van der Waals surface area contributed by atoms with Gasteiger partial charge in [0.2, 0.25) is 0 Å². The van der Waals surface area contributed by atoms with Gasteiger partial charge in [-0.05, 0) is 48.9 Å². The Morgan fingerprint density at radius 3 is 2.35 bits per heavy atom. The van der Waals surface area contributed by atoms with Crippen LogP contribution in [-0.2, 0) is 0 Å². The van der Waals surface area contributed by atoms with Crippen LogP contribution in [0.15, 0.2) is 47.6 Å². The summed E-state index contributed by atoms with van der Waals surface area (Å²) in [5.41, 5.74) is 4.74. The summed E-state index contributed by atoms with van der Waals surface area (Å²) in [7, 11) is 0. The molecule has 3 N–H and O–H groups in total. The lowest BCUT2D eigenvalue weighted by Crippen LogP contribution is -2.46. The van der Waals surface area contributed by atoms with Gasteiger partial charge in [-0.3, -0.25) is 9.78 Å². The Bertz CT molecular complexity index is 1250. The van der Waals surface area contributed by atoms with Crippen LogP contribution in [-0.4, -0.2) is 36.3 Å². The topological polar surface area (TPSA) is 71.2 Å². The normalized spacial score (nSPS) is 17.0. The fourth-order valence-electron chi connectivity index (χ4n) is 4.41. The monoisotopic (exact) mass is 576 g/mol. The average Bonchev–Trinajstić information content (AvgIpc) is 2.80. The predicted octanol–water partition coefficient (Wildman–Crippen LogP) is 6.30. The van der Waals surface area contributed by atoms with Crippen LogP contribution < -0.4 is 16.0 Å². The van der Waals surface area contributed by atoms with E-state index in [1.165, 1.54) is 6.20 Å². The zero-order valence-electron chi connectivity index (χ0n) is 19.9. The number of pyridine rings is 1. The molecule has 1 saturated heterocycles. The van der Waals surface area contributed by atoms with E-state index in [1.807, 2.05) is 4.90 Å². The number of hydrogen-bond acceptors (Lipinski definition) is 5. The standard InChI is InChI=1S/C25H24F4N4OS.2ClH/c1-13-7-14(30)12-33(11-13)21-5-6-31-10-20(21)32-25(34)16-3-4-17(26)23(24(16)29)22-18(27)8-15(35-2)9-19(22)28;;/h3-6,8-10,13-14H,7,11-12,30H2,1-2H3,(H,32,34);2*1H/t13-,14+;;/m1../s1. The largest absolute Gasteiger partial charge is 0.368 e. The van der Waals surface area contributed by atoms with E-state index in [1.54, 1.807) is 18.5 Å². The Kier molecular flexibility index (Phi) is 10.6. The summed E-state index contributed by atoms with van der Waals surface area (Å²) in [4.78, 5) is 19.3. The molecule has 2 heterocycles. The summed E-state index contributed by atoms with van der Waals surface area (Å²) in [6.07, 6.45) is 5.47. The molecule has 3 aromatic rings. The summed E-state index contributed by atoms with van der Waals surface area (Å²) in [6.45, 7) is 3.35. The molecule has 37 heavy (non-hydrogen) atoms. The lowest BCUT2D eigenvalue weighted by atomic mass is 9.96. The number of thioether (sulfide) groups is 1. The molecule has 4 rings (SSSR count). The molecule has 2 atom stereocenters. The van der Waals surface area contributed by atoms with Crippen molar-refractivity contribution in [2.24, 2.45) is 11.7 Å². The summed E-state index contributed by atoms with van der Waals surface area (Å²) in [5, 5.41) is 2.60. The van der Waals surface area contributed by atoms with Crippen molar-refractivity contribution in [3.8, 4) is 11.1 Å². The lowest BCUT2D eigenvalue weighted by molar-refractivity contribution is 0.102. The van der Waals surface area contributed by atoms with Crippen molar-refractivity contribution in [1.29, 1.82) is 0 Å². The third-order valence-corrected chi connectivity index (χ3v) is 6.62. The van der Waals surface area contributed by atoms with Gasteiger partial charge in [-0.1, -0.05) is 6.92 Å². The zero-order valence-corrected chi connectivity index (χ0v) is 22.4. The maximum Gasteiger partial charge on any atom is 0.258 e. The summed E-state index contributed by atoms with van der Waals surface area (Å²) < 4.78 is 59.2. The number of anilines is 2. The van der Waals surface area contributed by atoms with Gasteiger partial charge in [0.25, 0.3) is 5.91 Å². The van der Waals surface area contributed by atoms with E-state index in [0.717, 1.165) is 42.4 Å². The molecule has 0 bridgehead atoms. The van der Waals surface area contributed by atoms with Gasteiger partial charge < -0.3 is 16.0 Å². The number of carbonyl (C=O) groups excluding carboxylic acids is 1. The Morgan fingerprint density at radius 2 is 1.73 bits per heavy atom. The van der Waals surface area contributed by atoms with E-state index in [9.17, 15) is 18.0 Å². The Balaban J connectivity index is 0.00000241. The molecule has 12 heteroatoms. The van der Waals surface area contributed by atoms with Gasteiger partial charge in [-0.15, -0.1) is 36.6 Å². The number of benzene rings is 2. The first-order valence-corrected chi connectivity index (χ1v) is 12.2. The van der Waals surface area contributed by atoms with Crippen LogP contribution in [0.3, 0.4) is 0 Å². The number of nitrogens with one attached hydrogen (secondary N) is 1. The first-order valence-electron chi connectivity index (χ1n) is 11.0. The first kappa shape index (κ1) is 30.7. The second-order valence-corrected chi connectivity index (χ2v) is 9.48. The van der Waals surface area contributed by atoms with Crippen molar-refractivity contribution in [2.45, 2.75) is 24.3 Å². The molecule has 1 aliphatic rings. The van der Waals surface area contributed by atoms with Gasteiger partial charge in [0.1, 0.15) is 23.3 Å². The van der Waals surface area contributed by atoms with Crippen LogP contribution in [0, 0.1) is 29.2 Å². The van der Waals surface area contributed by atoms with Crippen LogP contribution in [0.25, 0.3) is 11.1 Å². The number of nitrogens with two attached hydrogens (primary N) is 1. The summed E-state index contributed by atoms with van der Waals surface area (Å²) in [6, 6.07) is 5.39. The van der Waals surface area contributed by atoms with E-state index >= 15 is 4.39 Å². The van der Waals surface area contributed by atoms with E-state index in [4.69, 9.17) is 5.73 Å². The highest BCUT2D eigenvalue weighted by Gasteiger charge is 2.27. The number of aromatic nitrogens is 1. The number of nitrogens with zero attached hydrogens (tertiary/aromatic N) is 2. The number of hydrogen-bond donors (Lipinski definition) is 2. The lowest BCUT2D eigenvalue weighted by Gasteiger charge is -2.37. The average molecular weight is 577 g/mol. The van der Waals surface area contributed by atoms with Crippen LogP contribution in [0.1, 0.15) is 23.7 Å². The summed E-state index contributed by atoms with van der Waals surface area (Å²) in [5.74, 6) is -5.39. The second-order valence-electron chi connectivity index (χ2n) is 8.60. The third kappa shape index (κ3) is 6.49. The minimum absolute atomic E-state index is 0. The Hall–Kier alpha value is -2.53. The predicted molar refractivity (Wildman–Crippen MR) is 144 cm³/mol. The van der Waals surface area contributed by atoms with Crippen molar-refractivity contribution in [1.82, 2.24) is 4.98 Å². The van der Waals surface area contributed by atoms with Crippen molar-refractivity contribution < 1.29 is 22.4 Å². The number of amides is 1. The van der Waals surface area contributed by atoms with E-state index in [2.05, 4.69) is 17.2 Å². The Labute approximate surface area is 229 Å². The molecule has 1 aromatic heterocycles. The van der Waals surface area contributed by atoms with Crippen molar-refractivity contribution in [2.75, 3.05) is 29.6 Å². The smallest absolute Gasteiger partial charge is 0.258 e. The SMILES string of the molecule is CSc1cc(F)c(-c2c(F)ccc(C(=O)Nc3cnccc3N3C[C@H](C)C[C@H](N)C3)c2F)c(F)c1.Cl.Cl. The van der Waals surface area contributed by atoms with Gasteiger partial charge >= 0.3 is 0 Å². The minimum Gasteiger partial charge on any atom is -0.368 e. The summed E-state index contributed by atoms with van der Waals surface area (Å²) >= 11 is 1.08. The van der Waals surface area contributed by atoms with Gasteiger partial charge in [0.05, 0.1) is 34.3 Å². The Morgan fingerprint density at radius 1 is 1.05 bits per heavy atom. The van der Waals surface area contributed by atoms with Gasteiger partial charge in [-0.2, -0.15) is 0 Å². The molecule has 5 nitrogen and oxygen atoms in total. The fourth-order valence-corrected chi connectivity index (χ4v) is 4.85. The number of piperidine rings is 1. The molecular weight excluding hydrogens is 551 g/mol. The van der Waals surface area contributed by atoms with E-state index in [-0.39, 0.29) is 35.8 Å². The van der Waals surface area contributed by atoms with Crippen LogP contribution in [0.2, 0.25) is 0 Å². The highest BCUT2D eigenvalue weighted by Crippen LogP contribution is 2.35. The number of halogens is 6. The molecular formula is C25H26Cl2F4N4OS. The van der Waals surface area contributed by atoms with Gasteiger partial charge in [0, 0.05) is 30.2 Å². The maximum absolute atomic E-state index is 15.4. The number of carbonyl (C=O) groups is 1. The fraction of sp³-hybridized carbons (Fsp3) is 0.280. The molecule has 0 spiro atoms. The van der Waals surface area contributed by atoms with E-state index in [0.29, 0.717) is 30.4 Å². The van der Waals surface area contributed by atoms with Gasteiger partial charge in [-0.25, -0.2) is 17.6 Å². The van der Waals surface area contributed by atoms with Crippen molar-refractivity contribution in [3.05, 3.63) is 71.6 Å². The zero-order chi connectivity index (χ0) is 25.3. The highest BCUT2D eigenvalue weighted by atomic mass is 35.5. The molecule has 1 aliphatic heterocycles. The molecule has 2 aromatic carbocycles. The highest BCUT2D eigenvalue weighted by molar-refractivity contribution is 7.98. The number of rotatable bonds is 5. The van der Waals surface area contributed by atoms with Crippen LogP contribution in [0.4, 0.5) is 28.9 Å². The molecule has 200 valence electrons. The minimum atomic E-state index is -1.36. The first-order chi connectivity index (χ1) is 16.7. The molecule has 0 radical (unpaired) electrons. The molecule has 1 amide bonds. The van der Waals surface area contributed by atoms with E-state index < -0.39 is 45.9 Å². The molecule has 0 saturated carbocycles. The van der Waals surface area contributed by atoms with Crippen LogP contribution in [0.5, 0.6) is 0 Å². The molecule has 0 aliphatic carbocycles. The molecule has 0 unspecified atom stereocenters. The second kappa shape index (κ2) is 12.8. The molecule has 1 fully saturated rings. The quantitative estimate of drug-likeness (QED) is 0.275.